The number of pyridine rings is 1. The molecule has 0 bridgehead atoms. The highest BCUT2D eigenvalue weighted by atomic mass is 35.5. The number of nitrogens with zero attached hydrogens (tertiary/aromatic N) is 1. The minimum Gasteiger partial charge on any atom is -0.481 e. The van der Waals surface area contributed by atoms with E-state index in [4.69, 9.17) is 16.3 Å². The lowest BCUT2D eigenvalue weighted by Gasteiger charge is -2.14. The van der Waals surface area contributed by atoms with Gasteiger partial charge in [0.1, 0.15) is 0 Å². The number of hydrogen-bond donors (Lipinski definition) is 1. The number of nitrogens with one attached hydrogen (secondary N) is 1. The topological polar surface area (TPSA) is 34.1 Å². The van der Waals surface area contributed by atoms with E-state index in [1.165, 1.54) is 5.56 Å². The van der Waals surface area contributed by atoms with Crippen LogP contribution < -0.4 is 10.1 Å². The smallest absolute Gasteiger partial charge is 0.212 e. The summed E-state index contributed by atoms with van der Waals surface area (Å²) in [5, 5.41) is 4.20. The van der Waals surface area contributed by atoms with E-state index < -0.39 is 0 Å². The second-order valence-electron chi connectivity index (χ2n) is 4.37. The highest BCUT2D eigenvalue weighted by Gasteiger charge is 2.05. The van der Waals surface area contributed by atoms with Gasteiger partial charge in [-0.1, -0.05) is 29.8 Å². The molecule has 1 unspecified atom stereocenters. The molecule has 2 aromatic rings. The fraction of sp³-hybridized carbons (Fsp3) is 0.267. The highest BCUT2D eigenvalue weighted by Crippen LogP contribution is 2.17. The Morgan fingerprint density at radius 2 is 2.16 bits per heavy atom. The number of ether oxygens (including phenoxy) is 1. The molecule has 0 fully saturated rings. The van der Waals surface area contributed by atoms with Gasteiger partial charge >= 0.3 is 0 Å². The molecule has 0 aliphatic heterocycles. The third-order valence-corrected chi connectivity index (χ3v) is 3.20. The van der Waals surface area contributed by atoms with Crippen molar-refractivity contribution in [1.29, 1.82) is 0 Å². The second-order valence-corrected chi connectivity index (χ2v) is 4.80. The Morgan fingerprint density at radius 3 is 2.79 bits per heavy atom. The van der Waals surface area contributed by atoms with Crippen LogP contribution in [0.15, 0.2) is 42.6 Å². The van der Waals surface area contributed by atoms with E-state index >= 15 is 0 Å². The number of aromatic nitrogens is 1. The van der Waals surface area contributed by atoms with Gasteiger partial charge < -0.3 is 10.1 Å². The quantitative estimate of drug-likeness (QED) is 0.906. The predicted octanol–water partition coefficient (Wildman–Crippen LogP) is 3.59. The summed E-state index contributed by atoms with van der Waals surface area (Å²) in [6.07, 6.45) is 1.82. The van der Waals surface area contributed by atoms with Gasteiger partial charge in [0.15, 0.2) is 0 Å². The van der Waals surface area contributed by atoms with Gasteiger partial charge in [-0.05, 0) is 30.2 Å². The predicted molar refractivity (Wildman–Crippen MR) is 77.5 cm³/mol. The molecule has 3 nitrogen and oxygen atoms in total. The van der Waals surface area contributed by atoms with Crippen molar-refractivity contribution in [1.82, 2.24) is 10.3 Å². The van der Waals surface area contributed by atoms with E-state index in [-0.39, 0.29) is 6.04 Å². The summed E-state index contributed by atoms with van der Waals surface area (Å²) in [6.45, 7) is 2.87. The van der Waals surface area contributed by atoms with Crippen molar-refractivity contribution in [2.75, 3.05) is 7.11 Å². The van der Waals surface area contributed by atoms with E-state index in [1.54, 1.807) is 7.11 Å². The summed E-state index contributed by atoms with van der Waals surface area (Å²) < 4.78 is 5.03. The van der Waals surface area contributed by atoms with Gasteiger partial charge in [-0.15, -0.1) is 0 Å². The molecule has 1 N–H and O–H groups in total. The zero-order valence-corrected chi connectivity index (χ0v) is 11.8. The van der Waals surface area contributed by atoms with E-state index in [1.807, 2.05) is 36.5 Å². The van der Waals surface area contributed by atoms with Crippen LogP contribution in [0.5, 0.6) is 5.88 Å². The van der Waals surface area contributed by atoms with E-state index in [2.05, 4.69) is 23.3 Å². The first-order valence-electron chi connectivity index (χ1n) is 6.17. The molecule has 0 amide bonds. The molecule has 0 aliphatic carbocycles. The lowest BCUT2D eigenvalue weighted by atomic mass is 10.1. The van der Waals surface area contributed by atoms with Crippen molar-refractivity contribution >= 4 is 11.6 Å². The Kier molecular flexibility index (Phi) is 4.77. The van der Waals surface area contributed by atoms with Crippen molar-refractivity contribution in [2.45, 2.75) is 19.5 Å². The van der Waals surface area contributed by atoms with Crippen LogP contribution >= 0.6 is 11.6 Å². The molecule has 2 rings (SSSR count). The Balaban J connectivity index is 1.94. The monoisotopic (exact) mass is 276 g/mol. The molecule has 1 heterocycles. The van der Waals surface area contributed by atoms with Crippen LogP contribution in [0.4, 0.5) is 0 Å². The third-order valence-electron chi connectivity index (χ3n) is 2.97. The fourth-order valence-electron chi connectivity index (χ4n) is 1.80. The van der Waals surface area contributed by atoms with Crippen molar-refractivity contribution in [3.05, 3.63) is 58.7 Å². The normalized spacial score (nSPS) is 12.2. The van der Waals surface area contributed by atoms with Crippen LogP contribution in [-0.2, 0) is 6.54 Å². The maximum absolute atomic E-state index is 5.99. The Labute approximate surface area is 118 Å². The first-order valence-corrected chi connectivity index (χ1v) is 6.54. The van der Waals surface area contributed by atoms with Crippen molar-refractivity contribution in [3.63, 3.8) is 0 Å². The Bertz CT molecular complexity index is 528. The SMILES string of the molecule is COc1ccc(CNC(C)c2cccc(Cl)c2)cn1. The van der Waals surface area contributed by atoms with Gasteiger partial charge in [0.2, 0.25) is 5.88 Å². The molecular weight excluding hydrogens is 260 g/mol. The van der Waals surface area contributed by atoms with Gasteiger partial charge in [-0.25, -0.2) is 4.98 Å². The molecule has 0 spiro atoms. The average Bonchev–Trinajstić information content (AvgIpc) is 2.45. The van der Waals surface area contributed by atoms with Crippen molar-refractivity contribution < 1.29 is 4.74 Å². The van der Waals surface area contributed by atoms with Gasteiger partial charge in [0.25, 0.3) is 0 Å². The molecular formula is C15H17ClN2O. The lowest BCUT2D eigenvalue weighted by Crippen LogP contribution is -2.18. The van der Waals surface area contributed by atoms with Crippen LogP contribution in [0.2, 0.25) is 5.02 Å². The van der Waals surface area contributed by atoms with E-state index in [9.17, 15) is 0 Å². The minimum atomic E-state index is 0.237. The number of benzene rings is 1. The number of methoxy groups -OCH3 is 1. The van der Waals surface area contributed by atoms with Gasteiger partial charge in [-0.2, -0.15) is 0 Å². The summed E-state index contributed by atoms with van der Waals surface area (Å²) in [5.41, 5.74) is 2.30. The summed E-state index contributed by atoms with van der Waals surface area (Å²) in [4.78, 5) is 4.18. The average molecular weight is 277 g/mol. The zero-order valence-electron chi connectivity index (χ0n) is 11.1. The van der Waals surface area contributed by atoms with Crippen LogP contribution in [0.3, 0.4) is 0 Å². The fourth-order valence-corrected chi connectivity index (χ4v) is 2.00. The first-order chi connectivity index (χ1) is 9.19. The number of rotatable bonds is 5. The molecule has 19 heavy (non-hydrogen) atoms. The van der Waals surface area contributed by atoms with Crippen LogP contribution in [0.1, 0.15) is 24.1 Å². The number of hydrogen-bond acceptors (Lipinski definition) is 3. The van der Waals surface area contributed by atoms with E-state index in [0.717, 1.165) is 17.1 Å². The lowest BCUT2D eigenvalue weighted by molar-refractivity contribution is 0.397. The van der Waals surface area contributed by atoms with Crippen LogP contribution in [0, 0.1) is 0 Å². The summed E-state index contributed by atoms with van der Waals surface area (Å²) in [5.74, 6) is 0.631. The zero-order chi connectivity index (χ0) is 13.7. The van der Waals surface area contributed by atoms with Gasteiger partial charge in [0.05, 0.1) is 7.11 Å². The molecule has 1 atom stereocenters. The summed E-state index contributed by atoms with van der Waals surface area (Å²) in [7, 11) is 1.61. The standard InChI is InChI=1S/C15H17ClN2O/c1-11(13-4-3-5-14(16)8-13)17-9-12-6-7-15(19-2)18-10-12/h3-8,10-11,17H,9H2,1-2H3. The number of halogens is 1. The van der Waals surface area contributed by atoms with Crippen molar-refractivity contribution in [3.8, 4) is 5.88 Å². The van der Waals surface area contributed by atoms with Crippen molar-refractivity contribution in [2.24, 2.45) is 0 Å². The third kappa shape index (κ3) is 3.94. The summed E-state index contributed by atoms with van der Waals surface area (Å²) in [6, 6.07) is 12.0. The largest absolute Gasteiger partial charge is 0.481 e. The van der Waals surface area contributed by atoms with E-state index in [0.29, 0.717) is 5.88 Å². The Hall–Kier alpha value is -1.58. The molecule has 0 saturated carbocycles. The maximum Gasteiger partial charge on any atom is 0.212 e. The highest BCUT2D eigenvalue weighted by molar-refractivity contribution is 6.30. The van der Waals surface area contributed by atoms with Gasteiger partial charge in [-0.3, -0.25) is 0 Å². The van der Waals surface area contributed by atoms with Crippen LogP contribution in [-0.4, -0.2) is 12.1 Å². The van der Waals surface area contributed by atoms with Crippen LogP contribution in [0.25, 0.3) is 0 Å². The minimum absolute atomic E-state index is 0.237. The van der Waals surface area contributed by atoms with Gasteiger partial charge in [0, 0.05) is 29.9 Å². The molecule has 100 valence electrons. The molecule has 1 aromatic heterocycles. The summed E-state index contributed by atoms with van der Waals surface area (Å²) >= 11 is 5.99. The molecule has 0 saturated heterocycles. The second kappa shape index (κ2) is 6.55. The first kappa shape index (κ1) is 13.8. The molecule has 1 aromatic carbocycles. The molecule has 0 aliphatic rings. The maximum atomic E-state index is 5.99. The molecule has 0 radical (unpaired) electrons. The molecule has 4 heteroatoms. The Morgan fingerprint density at radius 1 is 1.32 bits per heavy atom.